The van der Waals surface area contributed by atoms with Crippen molar-refractivity contribution in [3.8, 4) is 11.1 Å². The van der Waals surface area contributed by atoms with Gasteiger partial charge in [-0.3, -0.25) is 4.79 Å². The number of nitrogens with zero attached hydrogens (tertiary/aromatic N) is 3. The van der Waals surface area contributed by atoms with Crippen LogP contribution >= 0.6 is 11.3 Å². The first kappa shape index (κ1) is 25.1. The van der Waals surface area contributed by atoms with Crippen molar-refractivity contribution in [3.05, 3.63) is 41.5 Å². The summed E-state index contributed by atoms with van der Waals surface area (Å²) in [5.41, 5.74) is 1.96. The van der Waals surface area contributed by atoms with E-state index in [1.165, 1.54) is 24.2 Å². The SMILES string of the molecule is CCOC(C1CCN(c2ncnc3sc(C(=O)NC(C)C)c(-c4ccccc4)c23)CC1)C1CCCN1. The van der Waals surface area contributed by atoms with Gasteiger partial charge in [0.2, 0.25) is 0 Å². The first-order valence-corrected chi connectivity index (χ1v) is 14.1. The van der Waals surface area contributed by atoms with Gasteiger partial charge in [0.1, 0.15) is 21.9 Å². The lowest BCUT2D eigenvalue weighted by molar-refractivity contribution is -0.00955. The maximum absolute atomic E-state index is 13.2. The number of amides is 1. The van der Waals surface area contributed by atoms with E-state index in [4.69, 9.17) is 9.72 Å². The Morgan fingerprint density at radius 1 is 1.19 bits per heavy atom. The Morgan fingerprint density at radius 3 is 2.64 bits per heavy atom. The van der Waals surface area contributed by atoms with Crippen LogP contribution in [0.25, 0.3) is 21.3 Å². The molecule has 2 aliphatic heterocycles. The smallest absolute Gasteiger partial charge is 0.262 e. The standard InChI is InChI=1S/C28H37N5O2S/c1-4-35-24(21-11-8-14-29-21)20-12-15-33(16-13-20)26-23-22(19-9-6-5-7-10-19)25(27(34)32-18(2)3)36-28(23)31-17-30-26/h5-7,9-10,17-18,20-21,24,29H,4,8,11-16H2,1-3H3,(H,32,34). The summed E-state index contributed by atoms with van der Waals surface area (Å²) in [6.07, 6.45) is 6.50. The van der Waals surface area contributed by atoms with Gasteiger partial charge in [0.05, 0.1) is 11.5 Å². The number of benzene rings is 1. The van der Waals surface area contributed by atoms with Crippen molar-refractivity contribution >= 4 is 33.3 Å². The molecule has 0 radical (unpaired) electrons. The van der Waals surface area contributed by atoms with E-state index in [2.05, 4.69) is 39.6 Å². The quantitative estimate of drug-likeness (QED) is 0.453. The maximum atomic E-state index is 13.2. The van der Waals surface area contributed by atoms with Gasteiger partial charge in [0, 0.05) is 37.3 Å². The summed E-state index contributed by atoms with van der Waals surface area (Å²) in [4.78, 5) is 26.5. The molecule has 2 saturated heterocycles. The average Bonchev–Trinajstić information content (AvgIpc) is 3.56. The second-order valence-electron chi connectivity index (χ2n) is 10.1. The van der Waals surface area contributed by atoms with Gasteiger partial charge in [-0.15, -0.1) is 11.3 Å². The lowest BCUT2D eigenvalue weighted by atomic mass is 9.86. The summed E-state index contributed by atoms with van der Waals surface area (Å²) in [5.74, 6) is 1.42. The fourth-order valence-electron chi connectivity index (χ4n) is 5.73. The van der Waals surface area contributed by atoms with Crippen LogP contribution < -0.4 is 15.5 Å². The zero-order valence-corrected chi connectivity index (χ0v) is 22.3. The fraction of sp³-hybridized carbons (Fsp3) is 0.536. The maximum Gasteiger partial charge on any atom is 0.262 e. The van der Waals surface area contributed by atoms with Crippen molar-refractivity contribution in [2.75, 3.05) is 31.1 Å². The number of anilines is 1. The number of nitrogens with one attached hydrogen (secondary N) is 2. The van der Waals surface area contributed by atoms with Crippen molar-refractivity contribution < 1.29 is 9.53 Å². The van der Waals surface area contributed by atoms with E-state index in [0.717, 1.165) is 66.2 Å². The van der Waals surface area contributed by atoms with Crippen molar-refractivity contribution in [2.45, 2.75) is 64.6 Å². The highest BCUT2D eigenvalue weighted by Crippen LogP contribution is 2.43. The zero-order valence-electron chi connectivity index (χ0n) is 21.5. The summed E-state index contributed by atoms with van der Waals surface area (Å²) in [7, 11) is 0. The first-order valence-electron chi connectivity index (χ1n) is 13.3. The second kappa shape index (κ2) is 11.2. The van der Waals surface area contributed by atoms with Gasteiger partial charge in [-0.1, -0.05) is 30.3 Å². The highest BCUT2D eigenvalue weighted by atomic mass is 32.1. The summed E-state index contributed by atoms with van der Waals surface area (Å²) in [5, 5.41) is 7.72. The minimum Gasteiger partial charge on any atom is -0.377 e. The van der Waals surface area contributed by atoms with Gasteiger partial charge in [0.25, 0.3) is 5.91 Å². The minimum absolute atomic E-state index is 0.0554. The van der Waals surface area contributed by atoms with Gasteiger partial charge < -0.3 is 20.3 Å². The third-order valence-corrected chi connectivity index (χ3v) is 8.41. The Bertz CT molecular complexity index is 1170. The molecule has 2 unspecified atom stereocenters. The van der Waals surface area contributed by atoms with Crippen molar-refractivity contribution in [3.63, 3.8) is 0 Å². The van der Waals surface area contributed by atoms with E-state index >= 15 is 0 Å². The first-order chi connectivity index (χ1) is 17.6. The molecule has 4 heterocycles. The van der Waals surface area contributed by atoms with Gasteiger partial charge in [-0.2, -0.15) is 0 Å². The number of carbonyl (C=O) groups excluding carboxylic acids is 1. The van der Waals surface area contributed by atoms with Gasteiger partial charge >= 0.3 is 0 Å². The van der Waals surface area contributed by atoms with E-state index in [0.29, 0.717) is 16.8 Å². The molecule has 2 aliphatic rings. The van der Waals surface area contributed by atoms with E-state index in [1.54, 1.807) is 6.33 Å². The highest BCUT2D eigenvalue weighted by Gasteiger charge is 2.35. The molecule has 2 aromatic heterocycles. The lowest BCUT2D eigenvalue weighted by Crippen LogP contribution is -2.46. The van der Waals surface area contributed by atoms with Gasteiger partial charge in [-0.05, 0) is 64.5 Å². The van der Waals surface area contributed by atoms with Crippen LogP contribution in [0.1, 0.15) is 56.1 Å². The number of piperidine rings is 1. The molecule has 8 heteroatoms. The Hall–Kier alpha value is -2.55. The number of carbonyl (C=O) groups is 1. The molecule has 192 valence electrons. The minimum atomic E-state index is -0.0554. The summed E-state index contributed by atoms with van der Waals surface area (Å²) >= 11 is 1.46. The molecular formula is C28H37N5O2S. The van der Waals surface area contributed by atoms with E-state index in [-0.39, 0.29) is 18.1 Å². The number of thiophene rings is 1. The van der Waals surface area contributed by atoms with Gasteiger partial charge in [-0.25, -0.2) is 9.97 Å². The number of aromatic nitrogens is 2. The molecule has 36 heavy (non-hydrogen) atoms. The van der Waals surface area contributed by atoms with E-state index < -0.39 is 0 Å². The molecule has 1 amide bonds. The number of hydrogen-bond donors (Lipinski definition) is 2. The molecule has 0 saturated carbocycles. The third kappa shape index (κ3) is 5.12. The Balaban J connectivity index is 1.47. The van der Waals surface area contributed by atoms with E-state index in [9.17, 15) is 4.79 Å². The molecule has 5 rings (SSSR count). The Kier molecular flexibility index (Phi) is 7.84. The van der Waals surface area contributed by atoms with Crippen molar-refractivity contribution in [1.29, 1.82) is 0 Å². The summed E-state index contributed by atoms with van der Waals surface area (Å²) < 4.78 is 6.27. The van der Waals surface area contributed by atoms with Crippen LogP contribution in [-0.4, -0.2) is 60.3 Å². The monoisotopic (exact) mass is 507 g/mol. The van der Waals surface area contributed by atoms with E-state index in [1.807, 2.05) is 32.0 Å². The second-order valence-corrected chi connectivity index (χ2v) is 11.1. The van der Waals surface area contributed by atoms with Crippen LogP contribution in [0.2, 0.25) is 0 Å². The van der Waals surface area contributed by atoms with Crippen LogP contribution in [0, 0.1) is 5.92 Å². The van der Waals surface area contributed by atoms with Gasteiger partial charge in [0.15, 0.2) is 0 Å². The Labute approximate surface area is 217 Å². The topological polar surface area (TPSA) is 79.4 Å². The largest absolute Gasteiger partial charge is 0.377 e. The molecule has 2 N–H and O–H groups in total. The predicted molar refractivity (Wildman–Crippen MR) is 147 cm³/mol. The number of ether oxygens (including phenoxy) is 1. The van der Waals surface area contributed by atoms with Crippen LogP contribution in [0.3, 0.4) is 0 Å². The zero-order chi connectivity index (χ0) is 25.1. The molecule has 0 spiro atoms. The van der Waals surface area contributed by atoms with Crippen molar-refractivity contribution in [1.82, 2.24) is 20.6 Å². The number of rotatable bonds is 8. The highest BCUT2D eigenvalue weighted by molar-refractivity contribution is 7.21. The third-order valence-electron chi connectivity index (χ3n) is 7.31. The summed E-state index contributed by atoms with van der Waals surface area (Å²) in [6.45, 7) is 9.77. The van der Waals surface area contributed by atoms with Crippen LogP contribution in [0.5, 0.6) is 0 Å². The summed E-state index contributed by atoms with van der Waals surface area (Å²) in [6, 6.07) is 10.7. The van der Waals surface area contributed by atoms with Crippen LogP contribution in [-0.2, 0) is 4.74 Å². The lowest BCUT2D eigenvalue weighted by Gasteiger charge is -2.38. The Morgan fingerprint density at radius 2 is 1.97 bits per heavy atom. The fourth-order valence-corrected chi connectivity index (χ4v) is 6.79. The molecule has 0 bridgehead atoms. The predicted octanol–water partition coefficient (Wildman–Crippen LogP) is 4.87. The van der Waals surface area contributed by atoms with Crippen LogP contribution in [0.15, 0.2) is 36.7 Å². The molecule has 2 atom stereocenters. The molecular weight excluding hydrogens is 470 g/mol. The molecule has 3 aromatic rings. The number of hydrogen-bond acceptors (Lipinski definition) is 7. The molecule has 1 aromatic carbocycles. The molecule has 2 fully saturated rings. The normalized spacial score (nSPS) is 19.8. The van der Waals surface area contributed by atoms with Crippen LogP contribution in [0.4, 0.5) is 5.82 Å². The number of fused-ring (bicyclic) bond motifs is 1. The molecule has 7 nitrogen and oxygen atoms in total. The van der Waals surface area contributed by atoms with Crippen molar-refractivity contribution in [2.24, 2.45) is 5.92 Å². The average molecular weight is 508 g/mol. The molecule has 0 aliphatic carbocycles.